The molecule has 0 aliphatic heterocycles. The van der Waals surface area contributed by atoms with Crippen molar-refractivity contribution in [3.63, 3.8) is 0 Å². The Morgan fingerprint density at radius 1 is 1.19 bits per heavy atom. The van der Waals surface area contributed by atoms with Crippen LogP contribution in [0.1, 0.15) is 38.3 Å². The standard InChI is InChI=1S/C15H21N/c1-4-13(3)12-15-8-6-14(7-9-15)10-11-16-5-2/h6-9,11-12H,4-5,10H2,1-3H3. The highest BCUT2D eigenvalue weighted by Gasteiger charge is 1.92. The summed E-state index contributed by atoms with van der Waals surface area (Å²) in [5, 5.41) is 0. The van der Waals surface area contributed by atoms with Gasteiger partial charge in [0, 0.05) is 19.2 Å². The zero-order chi connectivity index (χ0) is 11.8. The van der Waals surface area contributed by atoms with E-state index in [-0.39, 0.29) is 0 Å². The van der Waals surface area contributed by atoms with Gasteiger partial charge in [0.05, 0.1) is 0 Å². The van der Waals surface area contributed by atoms with Crippen LogP contribution in [0.2, 0.25) is 0 Å². The van der Waals surface area contributed by atoms with Crippen molar-refractivity contribution in [3.8, 4) is 0 Å². The highest BCUT2D eigenvalue weighted by molar-refractivity contribution is 5.62. The summed E-state index contributed by atoms with van der Waals surface area (Å²) >= 11 is 0. The van der Waals surface area contributed by atoms with E-state index in [0.29, 0.717) is 0 Å². The first-order valence-corrected chi connectivity index (χ1v) is 6.00. The van der Waals surface area contributed by atoms with E-state index in [9.17, 15) is 0 Å². The van der Waals surface area contributed by atoms with Gasteiger partial charge in [-0.05, 0) is 31.4 Å². The van der Waals surface area contributed by atoms with Crippen molar-refractivity contribution in [2.45, 2.75) is 33.6 Å². The average molecular weight is 215 g/mol. The van der Waals surface area contributed by atoms with Gasteiger partial charge in [-0.25, -0.2) is 0 Å². The van der Waals surface area contributed by atoms with Crippen molar-refractivity contribution in [3.05, 3.63) is 41.0 Å². The van der Waals surface area contributed by atoms with Gasteiger partial charge >= 0.3 is 0 Å². The van der Waals surface area contributed by atoms with E-state index in [1.54, 1.807) is 0 Å². The molecule has 0 radical (unpaired) electrons. The van der Waals surface area contributed by atoms with Crippen molar-refractivity contribution in [2.75, 3.05) is 6.54 Å². The number of hydrogen-bond donors (Lipinski definition) is 0. The van der Waals surface area contributed by atoms with Gasteiger partial charge in [-0.15, -0.1) is 0 Å². The second kappa shape index (κ2) is 7.00. The van der Waals surface area contributed by atoms with Crippen LogP contribution in [0.5, 0.6) is 0 Å². The molecule has 0 heterocycles. The quantitative estimate of drug-likeness (QED) is 0.655. The number of benzene rings is 1. The van der Waals surface area contributed by atoms with Crippen molar-refractivity contribution in [1.29, 1.82) is 0 Å². The van der Waals surface area contributed by atoms with Crippen LogP contribution in [0.4, 0.5) is 0 Å². The molecule has 0 amide bonds. The minimum absolute atomic E-state index is 0.872. The Morgan fingerprint density at radius 2 is 1.88 bits per heavy atom. The van der Waals surface area contributed by atoms with E-state index in [1.165, 1.54) is 16.7 Å². The molecule has 0 spiro atoms. The van der Waals surface area contributed by atoms with Gasteiger partial charge in [-0.1, -0.05) is 42.8 Å². The average Bonchev–Trinajstić information content (AvgIpc) is 2.31. The summed E-state index contributed by atoms with van der Waals surface area (Å²) in [6.45, 7) is 7.28. The molecule has 1 nitrogen and oxygen atoms in total. The van der Waals surface area contributed by atoms with Gasteiger partial charge in [0.25, 0.3) is 0 Å². The van der Waals surface area contributed by atoms with Crippen LogP contribution in [0.25, 0.3) is 6.08 Å². The zero-order valence-electron chi connectivity index (χ0n) is 10.5. The monoisotopic (exact) mass is 215 g/mol. The number of rotatable bonds is 5. The van der Waals surface area contributed by atoms with Gasteiger partial charge in [0.15, 0.2) is 0 Å². The second-order valence-corrected chi connectivity index (χ2v) is 3.97. The molecular formula is C15H21N. The highest BCUT2D eigenvalue weighted by atomic mass is 14.7. The molecule has 86 valence electrons. The summed E-state index contributed by atoms with van der Waals surface area (Å²) in [5.74, 6) is 0. The Kier molecular flexibility index (Phi) is 5.55. The lowest BCUT2D eigenvalue weighted by molar-refractivity contribution is 1.11. The molecule has 1 rings (SSSR count). The summed E-state index contributed by atoms with van der Waals surface area (Å²) < 4.78 is 0. The first-order chi connectivity index (χ1) is 7.76. The van der Waals surface area contributed by atoms with Crippen LogP contribution in [0.15, 0.2) is 34.8 Å². The summed E-state index contributed by atoms with van der Waals surface area (Å²) in [6.07, 6.45) is 6.28. The fourth-order valence-corrected chi connectivity index (χ4v) is 1.44. The molecule has 0 aliphatic rings. The Labute approximate surface area is 98.9 Å². The molecule has 0 saturated carbocycles. The first-order valence-electron chi connectivity index (χ1n) is 6.00. The largest absolute Gasteiger partial charge is 0.297 e. The Hall–Kier alpha value is -1.37. The maximum absolute atomic E-state index is 4.21. The smallest absolute Gasteiger partial charge is 0.0357 e. The molecule has 0 bridgehead atoms. The highest BCUT2D eigenvalue weighted by Crippen LogP contribution is 2.10. The Balaban J connectivity index is 2.64. The normalized spacial score (nSPS) is 12.3. The van der Waals surface area contributed by atoms with Crippen molar-refractivity contribution >= 4 is 12.3 Å². The summed E-state index contributed by atoms with van der Waals surface area (Å²) in [4.78, 5) is 4.21. The van der Waals surface area contributed by atoms with Crippen molar-refractivity contribution in [1.82, 2.24) is 0 Å². The second-order valence-electron chi connectivity index (χ2n) is 3.97. The topological polar surface area (TPSA) is 12.4 Å². The fraction of sp³-hybridized carbons (Fsp3) is 0.400. The minimum atomic E-state index is 0.872. The number of aliphatic imine (C=N–C) groups is 1. The third-order valence-corrected chi connectivity index (χ3v) is 2.59. The molecule has 16 heavy (non-hydrogen) atoms. The molecule has 0 N–H and O–H groups in total. The van der Waals surface area contributed by atoms with Gasteiger partial charge < -0.3 is 0 Å². The van der Waals surface area contributed by atoms with Gasteiger partial charge in [-0.3, -0.25) is 4.99 Å². The molecule has 0 unspecified atom stereocenters. The molecule has 0 aliphatic carbocycles. The van der Waals surface area contributed by atoms with Crippen LogP contribution in [-0.2, 0) is 6.42 Å². The van der Waals surface area contributed by atoms with Crippen molar-refractivity contribution < 1.29 is 0 Å². The van der Waals surface area contributed by atoms with E-state index in [4.69, 9.17) is 0 Å². The van der Waals surface area contributed by atoms with Gasteiger partial charge in [0.2, 0.25) is 0 Å². The maximum atomic E-state index is 4.21. The van der Waals surface area contributed by atoms with Crippen LogP contribution in [0, 0.1) is 0 Å². The van der Waals surface area contributed by atoms with Crippen molar-refractivity contribution in [2.24, 2.45) is 4.99 Å². The van der Waals surface area contributed by atoms with E-state index in [1.807, 2.05) is 6.21 Å². The predicted molar refractivity (Wildman–Crippen MR) is 73.1 cm³/mol. The molecule has 0 saturated heterocycles. The summed E-state index contributed by atoms with van der Waals surface area (Å²) in [7, 11) is 0. The third-order valence-electron chi connectivity index (χ3n) is 2.59. The molecule has 0 atom stereocenters. The lowest BCUT2D eigenvalue weighted by atomic mass is 10.1. The number of hydrogen-bond acceptors (Lipinski definition) is 1. The zero-order valence-corrected chi connectivity index (χ0v) is 10.5. The van der Waals surface area contributed by atoms with Crippen LogP contribution in [0.3, 0.4) is 0 Å². The van der Waals surface area contributed by atoms with Gasteiger partial charge in [-0.2, -0.15) is 0 Å². The predicted octanol–water partition coefficient (Wildman–Crippen LogP) is 4.13. The minimum Gasteiger partial charge on any atom is -0.297 e. The lowest BCUT2D eigenvalue weighted by Crippen LogP contribution is -1.87. The van der Waals surface area contributed by atoms with E-state index in [0.717, 1.165) is 19.4 Å². The van der Waals surface area contributed by atoms with E-state index >= 15 is 0 Å². The SMILES string of the molecule is CCN=CCc1ccc(C=C(C)CC)cc1. The summed E-state index contributed by atoms with van der Waals surface area (Å²) in [5.41, 5.74) is 4.03. The van der Waals surface area contributed by atoms with Crippen LogP contribution in [-0.4, -0.2) is 12.8 Å². The lowest BCUT2D eigenvalue weighted by Gasteiger charge is -1.99. The maximum Gasteiger partial charge on any atom is 0.0357 e. The van der Waals surface area contributed by atoms with E-state index < -0.39 is 0 Å². The first kappa shape index (κ1) is 12.7. The fourth-order valence-electron chi connectivity index (χ4n) is 1.44. The molecule has 1 aromatic rings. The molecule has 0 aromatic heterocycles. The van der Waals surface area contributed by atoms with E-state index in [2.05, 4.69) is 56.1 Å². The molecule has 1 heteroatoms. The van der Waals surface area contributed by atoms with Gasteiger partial charge in [0.1, 0.15) is 0 Å². The van der Waals surface area contributed by atoms with Crippen LogP contribution < -0.4 is 0 Å². The summed E-state index contributed by atoms with van der Waals surface area (Å²) in [6, 6.07) is 8.70. The van der Waals surface area contributed by atoms with Crippen LogP contribution >= 0.6 is 0 Å². The Morgan fingerprint density at radius 3 is 2.44 bits per heavy atom. The molecular weight excluding hydrogens is 194 g/mol. The number of allylic oxidation sites excluding steroid dienone is 1. The number of nitrogens with zero attached hydrogens (tertiary/aromatic N) is 1. The molecule has 0 fully saturated rings. The Bertz CT molecular complexity index is 358. The molecule has 1 aromatic carbocycles. The third kappa shape index (κ3) is 4.43.